The number of benzene rings is 2. The van der Waals surface area contributed by atoms with Crippen molar-refractivity contribution in [2.24, 2.45) is 0 Å². The Morgan fingerprint density at radius 3 is 2.67 bits per heavy atom. The van der Waals surface area contributed by atoms with Crippen molar-refractivity contribution in [2.45, 2.75) is 31.7 Å². The molecule has 14 heteroatoms. The van der Waals surface area contributed by atoms with Gasteiger partial charge in [-0.25, -0.2) is 13.1 Å². The zero-order valence-corrected chi connectivity index (χ0v) is 22.5. The molecule has 0 aliphatic rings. The number of carbonyl (C=O) groups is 1. The highest BCUT2D eigenvalue weighted by atomic mass is 35.5. The molecule has 1 amide bonds. The van der Waals surface area contributed by atoms with Crippen molar-refractivity contribution in [2.75, 3.05) is 6.54 Å². The number of furan rings is 1. The Bertz CT molecular complexity index is 1620. The number of aromatic nitrogens is 2. The van der Waals surface area contributed by atoms with Gasteiger partial charge in [-0.3, -0.25) is 14.9 Å². The first-order valence-corrected chi connectivity index (χ1v) is 13.6. The summed E-state index contributed by atoms with van der Waals surface area (Å²) >= 11 is 6.18. The number of nitrogens with zero attached hydrogens (tertiary/aromatic N) is 3. The van der Waals surface area contributed by atoms with Gasteiger partial charge in [0.25, 0.3) is 11.6 Å². The van der Waals surface area contributed by atoms with E-state index in [0.29, 0.717) is 22.9 Å². The van der Waals surface area contributed by atoms with Crippen molar-refractivity contribution in [1.29, 1.82) is 0 Å². The molecular formula is C25H24ClN5O7S. The first kappa shape index (κ1) is 27.8. The summed E-state index contributed by atoms with van der Waals surface area (Å²) in [5, 5.41) is 18.9. The van der Waals surface area contributed by atoms with Gasteiger partial charge in [-0.2, -0.15) is 9.78 Å². The van der Waals surface area contributed by atoms with Crippen LogP contribution in [0.1, 0.15) is 35.2 Å². The van der Waals surface area contributed by atoms with Crippen molar-refractivity contribution in [3.63, 3.8) is 0 Å². The lowest BCUT2D eigenvalue weighted by Crippen LogP contribution is -2.25. The average Bonchev–Trinajstić information content (AvgIpc) is 3.54. The molecule has 0 bridgehead atoms. The van der Waals surface area contributed by atoms with Gasteiger partial charge in [-0.1, -0.05) is 24.6 Å². The molecule has 39 heavy (non-hydrogen) atoms. The van der Waals surface area contributed by atoms with Gasteiger partial charge >= 0.3 is 0 Å². The van der Waals surface area contributed by atoms with E-state index in [-0.39, 0.29) is 36.0 Å². The molecule has 0 spiro atoms. The number of non-ortho nitro benzene ring substituents is 1. The molecule has 4 aromatic rings. The van der Waals surface area contributed by atoms with Crippen LogP contribution >= 0.6 is 11.6 Å². The number of nitro groups is 1. The van der Waals surface area contributed by atoms with Crippen LogP contribution in [-0.4, -0.2) is 35.6 Å². The van der Waals surface area contributed by atoms with E-state index < -0.39 is 31.4 Å². The zero-order chi connectivity index (χ0) is 28.2. The van der Waals surface area contributed by atoms with Gasteiger partial charge in [-0.15, -0.1) is 0 Å². The highest BCUT2D eigenvalue weighted by Gasteiger charge is 2.28. The molecule has 0 fully saturated rings. The van der Waals surface area contributed by atoms with E-state index in [0.717, 1.165) is 12.1 Å². The molecule has 0 atom stereocenters. The number of sulfonamides is 1. The second-order valence-electron chi connectivity index (χ2n) is 8.32. The summed E-state index contributed by atoms with van der Waals surface area (Å²) in [6, 6.07) is 13.2. The first-order chi connectivity index (χ1) is 18.6. The van der Waals surface area contributed by atoms with Gasteiger partial charge in [0.1, 0.15) is 16.4 Å². The lowest BCUT2D eigenvalue weighted by atomic mass is 10.2. The van der Waals surface area contributed by atoms with E-state index in [4.69, 9.17) is 20.8 Å². The Morgan fingerprint density at radius 2 is 2.00 bits per heavy atom. The molecule has 2 N–H and O–H groups in total. The Hall–Kier alpha value is -4.20. The second kappa shape index (κ2) is 11.7. The fraction of sp³-hybridized carbons (Fsp3) is 0.200. The van der Waals surface area contributed by atoms with Crippen LogP contribution in [0.2, 0.25) is 5.02 Å². The predicted octanol–water partition coefficient (Wildman–Crippen LogP) is 4.75. The summed E-state index contributed by atoms with van der Waals surface area (Å²) in [5.74, 6) is -0.179. The molecule has 204 valence electrons. The maximum atomic E-state index is 13.0. The predicted molar refractivity (Wildman–Crippen MR) is 142 cm³/mol. The van der Waals surface area contributed by atoms with Crippen LogP contribution in [0.3, 0.4) is 0 Å². The molecule has 0 unspecified atom stereocenters. The van der Waals surface area contributed by atoms with Crippen LogP contribution in [-0.2, 0) is 16.6 Å². The number of hydrogen-bond acceptors (Lipinski definition) is 8. The van der Waals surface area contributed by atoms with Gasteiger partial charge in [0, 0.05) is 29.3 Å². The molecule has 4 rings (SSSR count). The standard InChI is InChI=1S/C25H24ClN5O7S/c1-3-11-28-39(35,36)22-14-19(31(33)34)9-10-21(22)38-25-16(2)23(24(32)27-15-20-8-5-12-37-20)29-30(25)18-7-4-6-17(26)13-18/h4-10,12-14,28H,3,11,15H2,1-2H3,(H,27,32). The quantitative estimate of drug-likeness (QED) is 0.192. The summed E-state index contributed by atoms with van der Waals surface area (Å²) < 4.78 is 41.1. The SMILES string of the molecule is CCCNS(=O)(=O)c1cc([N+](=O)[O-])ccc1Oc1c(C)c(C(=O)NCc2ccco2)nn1-c1cccc(Cl)c1. The van der Waals surface area contributed by atoms with Crippen molar-refractivity contribution >= 4 is 33.2 Å². The maximum Gasteiger partial charge on any atom is 0.272 e. The van der Waals surface area contributed by atoms with Crippen molar-refractivity contribution in [3.8, 4) is 17.3 Å². The number of nitro benzene ring substituents is 1. The normalized spacial score (nSPS) is 11.4. The largest absolute Gasteiger partial charge is 0.467 e. The van der Waals surface area contributed by atoms with Crippen LogP contribution in [0.5, 0.6) is 11.6 Å². The van der Waals surface area contributed by atoms with Crippen LogP contribution in [0, 0.1) is 17.0 Å². The number of amides is 1. The monoisotopic (exact) mass is 573 g/mol. The molecule has 0 aliphatic heterocycles. The van der Waals surface area contributed by atoms with Gasteiger partial charge in [0.15, 0.2) is 5.69 Å². The van der Waals surface area contributed by atoms with E-state index in [1.807, 2.05) is 0 Å². The smallest absolute Gasteiger partial charge is 0.272 e. The fourth-order valence-corrected chi connectivity index (χ4v) is 5.05. The highest BCUT2D eigenvalue weighted by molar-refractivity contribution is 7.89. The third kappa shape index (κ3) is 6.28. The number of carbonyl (C=O) groups excluding carboxylic acids is 1. The molecule has 0 saturated heterocycles. The van der Waals surface area contributed by atoms with E-state index in [2.05, 4.69) is 15.1 Å². The molecule has 12 nitrogen and oxygen atoms in total. The van der Waals surface area contributed by atoms with Gasteiger partial charge in [-0.05, 0) is 49.7 Å². The number of nitrogens with one attached hydrogen (secondary N) is 2. The minimum Gasteiger partial charge on any atom is -0.467 e. The molecular weight excluding hydrogens is 550 g/mol. The summed E-state index contributed by atoms with van der Waals surface area (Å²) in [4.78, 5) is 23.3. The third-order valence-electron chi connectivity index (χ3n) is 5.52. The Balaban J connectivity index is 1.81. The van der Waals surface area contributed by atoms with Gasteiger partial charge in [0.2, 0.25) is 15.9 Å². The summed E-state index contributed by atoms with van der Waals surface area (Å²) in [6.07, 6.45) is 1.99. The number of hydrogen-bond donors (Lipinski definition) is 2. The number of rotatable bonds is 11. The van der Waals surface area contributed by atoms with E-state index >= 15 is 0 Å². The van der Waals surface area contributed by atoms with Crippen LogP contribution in [0.4, 0.5) is 5.69 Å². The Morgan fingerprint density at radius 1 is 1.21 bits per heavy atom. The van der Waals surface area contributed by atoms with Gasteiger partial charge < -0.3 is 14.5 Å². The first-order valence-electron chi connectivity index (χ1n) is 11.7. The average molecular weight is 574 g/mol. The maximum absolute atomic E-state index is 13.0. The van der Waals surface area contributed by atoms with Crippen molar-refractivity contribution in [1.82, 2.24) is 19.8 Å². The van der Waals surface area contributed by atoms with Crippen LogP contribution in [0.15, 0.2) is 70.2 Å². The molecule has 0 aliphatic carbocycles. The summed E-state index contributed by atoms with van der Waals surface area (Å²) in [6.45, 7) is 3.59. The lowest BCUT2D eigenvalue weighted by molar-refractivity contribution is -0.385. The van der Waals surface area contributed by atoms with E-state index in [1.54, 1.807) is 50.2 Å². The third-order valence-corrected chi connectivity index (χ3v) is 7.23. The van der Waals surface area contributed by atoms with Crippen molar-refractivity contribution < 1.29 is 27.3 Å². The van der Waals surface area contributed by atoms with Crippen molar-refractivity contribution in [3.05, 3.63) is 93.0 Å². The van der Waals surface area contributed by atoms with E-state index in [9.17, 15) is 23.3 Å². The summed E-state index contributed by atoms with van der Waals surface area (Å²) in [7, 11) is -4.19. The number of ether oxygens (including phenoxy) is 1. The minimum atomic E-state index is -4.19. The molecule has 2 heterocycles. The topological polar surface area (TPSA) is 159 Å². The van der Waals surface area contributed by atoms with E-state index in [1.165, 1.54) is 17.0 Å². The molecule has 0 saturated carbocycles. The second-order valence-corrected chi connectivity index (χ2v) is 10.5. The fourth-order valence-electron chi connectivity index (χ4n) is 3.59. The van der Waals surface area contributed by atoms with Crippen LogP contribution in [0.25, 0.3) is 5.69 Å². The minimum absolute atomic E-state index is 0.00644. The molecule has 2 aromatic carbocycles. The number of halogens is 1. The Labute approximate surface area is 228 Å². The molecule has 0 radical (unpaired) electrons. The zero-order valence-electron chi connectivity index (χ0n) is 20.9. The summed E-state index contributed by atoms with van der Waals surface area (Å²) in [5.41, 5.74) is 0.292. The highest BCUT2D eigenvalue weighted by Crippen LogP contribution is 2.36. The molecule has 2 aromatic heterocycles. The van der Waals surface area contributed by atoms with Crippen LogP contribution < -0.4 is 14.8 Å². The lowest BCUT2D eigenvalue weighted by Gasteiger charge is -2.14. The van der Waals surface area contributed by atoms with Gasteiger partial charge in [0.05, 0.1) is 23.4 Å². The Kier molecular flexibility index (Phi) is 8.33.